The number of hydrogen-bond donors (Lipinski definition) is 0. The average molecular weight is 409 g/mol. The van der Waals surface area contributed by atoms with Gasteiger partial charge in [-0.15, -0.1) is 0 Å². The van der Waals surface area contributed by atoms with Crippen molar-refractivity contribution in [2.45, 2.75) is 45.5 Å². The first-order valence-corrected chi connectivity index (χ1v) is 9.69. The summed E-state index contributed by atoms with van der Waals surface area (Å²) in [7, 11) is 1.84. The maximum absolute atomic E-state index is 13.2. The van der Waals surface area contributed by atoms with E-state index in [0.717, 1.165) is 5.52 Å². The molecule has 1 aliphatic heterocycles. The predicted molar refractivity (Wildman–Crippen MR) is 111 cm³/mol. The minimum atomic E-state index is -0.956. The highest BCUT2D eigenvalue weighted by Gasteiger charge is 2.49. The lowest BCUT2D eigenvalue weighted by Crippen LogP contribution is -2.52. The standard InChI is InChI=1S/C23H23NO6/c1-12(25)28-21-18-17(30-23(3,4)22(21)29-13(2)26)11-10-15-19(18)24(5)16-9-7-6-8-14(16)20(15)27/h6-11,21-22H,1-5H3/t21-,22-/m1/s1. The summed E-state index contributed by atoms with van der Waals surface area (Å²) < 4.78 is 19.3. The lowest BCUT2D eigenvalue weighted by molar-refractivity contribution is -0.187. The Hall–Kier alpha value is -3.35. The smallest absolute Gasteiger partial charge is 0.303 e. The Labute approximate surface area is 173 Å². The van der Waals surface area contributed by atoms with Gasteiger partial charge in [0.05, 0.1) is 16.6 Å². The van der Waals surface area contributed by atoms with Crippen LogP contribution in [0.3, 0.4) is 0 Å². The van der Waals surface area contributed by atoms with E-state index < -0.39 is 29.7 Å². The normalized spacial score (nSPS) is 19.8. The Balaban J connectivity index is 2.12. The number of benzene rings is 2. The van der Waals surface area contributed by atoms with Crippen molar-refractivity contribution in [1.29, 1.82) is 0 Å². The maximum atomic E-state index is 13.2. The SMILES string of the molecule is CC(=O)O[C@@H]1c2c(ccc3c(=O)c4ccccc4n(C)c23)OC(C)(C)[C@@H]1OC(C)=O. The number of hydrogen-bond acceptors (Lipinski definition) is 6. The van der Waals surface area contributed by atoms with Crippen molar-refractivity contribution < 1.29 is 23.8 Å². The Morgan fingerprint density at radius 3 is 2.33 bits per heavy atom. The number of aromatic nitrogens is 1. The summed E-state index contributed by atoms with van der Waals surface area (Å²) in [5, 5.41) is 1.06. The zero-order valence-electron chi connectivity index (χ0n) is 17.5. The molecule has 2 heterocycles. The van der Waals surface area contributed by atoms with Crippen molar-refractivity contribution in [3.8, 4) is 5.75 Å². The van der Waals surface area contributed by atoms with Crippen LogP contribution in [0.5, 0.6) is 5.75 Å². The van der Waals surface area contributed by atoms with E-state index in [1.54, 1.807) is 32.0 Å². The number of fused-ring (bicyclic) bond motifs is 4. The highest BCUT2D eigenvalue weighted by Crippen LogP contribution is 2.46. The molecular formula is C23H23NO6. The molecule has 7 nitrogen and oxygen atoms in total. The highest BCUT2D eigenvalue weighted by atomic mass is 16.6. The van der Waals surface area contributed by atoms with E-state index in [4.69, 9.17) is 14.2 Å². The van der Waals surface area contributed by atoms with Gasteiger partial charge in [-0.05, 0) is 38.1 Å². The van der Waals surface area contributed by atoms with Crippen molar-refractivity contribution >= 4 is 33.7 Å². The van der Waals surface area contributed by atoms with E-state index in [0.29, 0.717) is 27.6 Å². The number of pyridine rings is 1. The molecule has 1 aromatic heterocycles. The van der Waals surface area contributed by atoms with Gasteiger partial charge in [0.2, 0.25) is 0 Å². The minimum absolute atomic E-state index is 0.128. The second kappa shape index (κ2) is 6.86. The molecule has 0 spiro atoms. The van der Waals surface area contributed by atoms with Crippen LogP contribution in [0.25, 0.3) is 21.8 Å². The monoisotopic (exact) mass is 409 g/mol. The molecule has 1 aliphatic rings. The van der Waals surface area contributed by atoms with E-state index in [1.165, 1.54) is 13.8 Å². The molecule has 0 fully saturated rings. The van der Waals surface area contributed by atoms with Gasteiger partial charge in [-0.2, -0.15) is 0 Å². The third-order valence-corrected chi connectivity index (χ3v) is 5.47. The molecule has 0 saturated carbocycles. The zero-order chi connectivity index (χ0) is 21.8. The van der Waals surface area contributed by atoms with Crippen LogP contribution in [-0.2, 0) is 26.1 Å². The van der Waals surface area contributed by atoms with E-state index in [-0.39, 0.29) is 5.43 Å². The summed E-state index contributed by atoms with van der Waals surface area (Å²) in [4.78, 5) is 37.0. The van der Waals surface area contributed by atoms with Gasteiger partial charge in [0.15, 0.2) is 17.6 Å². The lowest BCUT2D eigenvalue weighted by atomic mass is 9.86. The number of aryl methyl sites for hydroxylation is 1. The molecule has 0 aliphatic carbocycles. The van der Waals surface area contributed by atoms with Crippen LogP contribution in [-0.4, -0.2) is 28.2 Å². The first-order chi connectivity index (χ1) is 14.1. The first-order valence-electron chi connectivity index (χ1n) is 9.69. The number of nitrogens with zero attached hydrogens (tertiary/aromatic N) is 1. The number of para-hydroxylation sites is 1. The van der Waals surface area contributed by atoms with Gasteiger partial charge < -0.3 is 18.8 Å². The Morgan fingerprint density at radius 2 is 1.67 bits per heavy atom. The number of carbonyl (C=O) groups excluding carboxylic acids is 2. The molecule has 0 radical (unpaired) electrons. The summed E-state index contributed by atoms with van der Waals surface area (Å²) in [5.41, 5.74) is 0.742. The molecule has 7 heteroatoms. The first kappa shape index (κ1) is 19.9. The van der Waals surface area contributed by atoms with Gasteiger partial charge in [0, 0.05) is 31.7 Å². The van der Waals surface area contributed by atoms with Gasteiger partial charge in [-0.25, -0.2) is 0 Å². The van der Waals surface area contributed by atoms with Crippen molar-refractivity contribution in [3.05, 3.63) is 52.2 Å². The molecule has 0 amide bonds. The molecule has 156 valence electrons. The van der Waals surface area contributed by atoms with E-state index in [1.807, 2.05) is 29.8 Å². The molecule has 4 rings (SSSR count). The van der Waals surface area contributed by atoms with Crippen molar-refractivity contribution in [3.63, 3.8) is 0 Å². The van der Waals surface area contributed by atoms with E-state index in [9.17, 15) is 14.4 Å². The molecule has 0 saturated heterocycles. The van der Waals surface area contributed by atoms with Crippen LogP contribution in [0.4, 0.5) is 0 Å². The third-order valence-electron chi connectivity index (χ3n) is 5.47. The maximum Gasteiger partial charge on any atom is 0.303 e. The van der Waals surface area contributed by atoms with Crippen molar-refractivity contribution in [2.24, 2.45) is 7.05 Å². The van der Waals surface area contributed by atoms with E-state index >= 15 is 0 Å². The fraction of sp³-hybridized carbons (Fsp3) is 0.348. The van der Waals surface area contributed by atoms with Crippen molar-refractivity contribution in [2.75, 3.05) is 0 Å². The van der Waals surface area contributed by atoms with Gasteiger partial charge in [0.25, 0.3) is 0 Å². The number of rotatable bonds is 2. The predicted octanol–water partition coefficient (Wildman–Crippen LogP) is 3.40. The summed E-state index contributed by atoms with van der Waals surface area (Å²) >= 11 is 0. The Morgan fingerprint density at radius 1 is 1.00 bits per heavy atom. The summed E-state index contributed by atoms with van der Waals surface area (Å²) in [6, 6.07) is 10.7. The van der Waals surface area contributed by atoms with Crippen LogP contribution in [0, 0.1) is 0 Å². The van der Waals surface area contributed by atoms with Crippen molar-refractivity contribution in [1.82, 2.24) is 4.57 Å². The molecule has 3 aromatic rings. The minimum Gasteiger partial charge on any atom is -0.483 e. The van der Waals surface area contributed by atoms with E-state index in [2.05, 4.69) is 0 Å². The Bertz CT molecular complexity index is 1260. The van der Waals surface area contributed by atoms with Crippen LogP contribution in [0.1, 0.15) is 39.4 Å². The molecule has 0 N–H and O–H groups in total. The molecule has 2 atom stereocenters. The van der Waals surface area contributed by atoms with Gasteiger partial charge in [-0.1, -0.05) is 12.1 Å². The molecule has 0 bridgehead atoms. The Kier molecular flexibility index (Phi) is 4.56. The van der Waals surface area contributed by atoms with Gasteiger partial charge >= 0.3 is 11.9 Å². The highest BCUT2D eigenvalue weighted by molar-refractivity contribution is 5.96. The summed E-state index contributed by atoms with van der Waals surface area (Å²) in [6.07, 6.45) is -1.82. The summed E-state index contributed by atoms with van der Waals surface area (Å²) in [5.74, 6) is -0.562. The van der Waals surface area contributed by atoms with Gasteiger partial charge in [0.1, 0.15) is 11.4 Å². The average Bonchev–Trinajstić information content (AvgIpc) is 2.67. The summed E-state index contributed by atoms with van der Waals surface area (Å²) in [6.45, 7) is 6.13. The number of ether oxygens (including phenoxy) is 3. The van der Waals surface area contributed by atoms with Gasteiger partial charge in [-0.3, -0.25) is 14.4 Å². The molecule has 2 aromatic carbocycles. The van der Waals surface area contributed by atoms with Crippen LogP contribution in [0.15, 0.2) is 41.2 Å². The number of esters is 2. The quantitative estimate of drug-likeness (QED) is 0.477. The number of carbonyl (C=O) groups is 2. The molecule has 30 heavy (non-hydrogen) atoms. The lowest BCUT2D eigenvalue weighted by Gasteiger charge is -2.43. The third kappa shape index (κ3) is 3.01. The topological polar surface area (TPSA) is 83.8 Å². The molecular weight excluding hydrogens is 386 g/mol. The second-order valence-corrected chi connectivity index (χ2v) is 8.04. The van der Waals surface area contributed by atoms with Crippen LogP contribution in [0.2, 0.25) is 0 Å². The fourth-order valence-electron chi connectivity index (χ4n) is 4.26. The fourth-order valence-corrected chi connectivity index (χ4v) is 4.26. The zero-order valence-corrected chi connectivity index (χ0v) is 17.5. The van der Waals surface area contributed by atoms with Crippen LogP contribution >= 0.6 is 0 Å². The molecule has 0 unspecified atom stereocenters. The van der Waals surface area contributed by atoms with Crippen LogP contribution < -0.4 is 10.2 Å². The largest absolute Gasteiger partial charge is 0.483 e. The second-order valence-electron chi connectivity index (χ2n) is 8.04.